The quantitative estimate of drug-likeness (QED) is 0.347. The van der Waals surface area contributed by atoms with Gasteiger partial charge in [-0.05, 0) is 0 Å². The molecule has 0 aromatic heterocycles. The van der Waals surface area contributed by atoms with Gasteiger partial charge in [-0.1, -0.05) is 0 Å². The minimum atomic E-state index is 0.0480. The van der Waals surface area contributed by atoms with Gasteiger partial charge in [0.15, 0.2) is 0 Å². The Morgan fingerprint density at radius 3 is 0.684 bits per heavy atom. The molecule has 0 aromatic rings. The molecule has 0 aromatic carbocycles. The summed E-state index contributed by atoms with van der Waals surface area (Å²) >= 11 is 0.0480. The second kappa shape index (κ2) is 6.41. The van der Waals surface area contributed by atoms with Gasteiger partial charge in [-0.3, -0.25) is 0 Å². The molecule has 0 saturated carbocycles. The number of hydrogen-bond donors (Lipinski definition) is 0. The molecule has 0 fully saturated rings. The van der Waals surface area contributed by atoms with Crippen LogP contribution < -0.4 is 0 Å². The van der Waals surface area contributed by atoms with E-state index in [0.717, 1.165) is 0 Å². The zero-order valence-corrected chi connectivity index (χ0v) is 19.4. The Bertz CT molecular complexity index is 226. The molecule has 0 rings (SSSR count). The van der Waals surface area contributed by atoms with Crippen LogP contribution in [-0.2, 0) is 0 Å². The molecular formula is C16H36P2Te. The standard InChI is InChI=1S/C16H36P2Te/c1-13(2,3)17(14(4,5)6)19-18(15(7,8)9)16(10,11)12/h1-12H3. The van der Waals surface area contributed by atoms with Crippen LogP contribution in [0.2, 0.25) is 0 Å². The van der Waals surface area contributed by atoms with Gasteiger partial charge >= 0.3 is 135 Å². The van der Waals surface area contributed by atoms with Gasteiger partial charge < -0.3 is 0 Å². The zero-order valence-electron chi connectivity index (χ0n) is 15.3. The normalized spacial score (nSPS) is 15.5. The van der Waals surface area contributed by atoms with Crippen LogP contribution in [0.15, 0.2) is 0 Å². The fourth-order valence-corrected chi connectivity index (χ4v) is 40.5. The molecule has 0 bridgehead atoms. The van der Waals surface area contributed by atoms with Gasteiger partial charge in [0.1, 0.15) is 0 Å². The summed E-state index contributed by atoms with van der Waals surface area (Å²) in [7, 11) is 0. The van der Waals surface area contributed by atoms with Crippen molar-refractivity contribution in [3.05, 3.63) is 0 Å². The van der Waals surface area contributed by atoms with Gasteiger partial charge in [-0.25, -0.2) is 0 Å². The van der Waals surface area contributed by atoms with Crippen LogP contribution in [0.25, 0.3) is 0 Å². The van der Waals surface area contributed by atoms with E-state index < -0.39 is 0 Å². The molecule has 0 amide bonds. The predicted octanol–water partition coefficient (Wildman–Crippen LogP) is 6.68. The second-order valence-corrected chi connectivity index (χ2v) is 27.0. The summed E-state index contributed by atoms with van der Waals surface area (Å²) in [5, 5.41) is 2.03. The van der Waals surface area contributed by atoms with E-state index in [1.54, 1.807) is 0 Å². The van der Waals surface area contributed by atoms with Crippen molar-refractivity contribution >= 4 is 31.1 Å². The summed E-state index contributed by atoms with van der Waals surface area (Å²) in [5.41, 5.74) is 0.296. The van der Waals surface area contributed by atoms with Crippen molar-refractivity contribution < 1.29 is 0 Å². The zero-order chi connectivity index (χ0) is 15.9. The minimum absolute atomic E-state index is 0.0480. The van der Waals surface area contributed by atoms with Crippen molar-refractivity contribution in [1.29, 1.82) is 0 Å². The third-order valence-electron chi connectivity index (χ3n) is 2.60. The number of hydrogen-bond acceptors (Lipinski definition) is 0. The summed E-state index contributed by atoms with van der Waals surface area (Å²) in [4.78, 5) is 0. The Hall–Kier alpha value is 1.65. The van der Waals surface area contributed by atoms with Crippen LogP contribution in [-0.4, -0.2) is 40.5 Å². The van der Waals surface area contributed by atoms with Crippen molar-refractivity contribution in [2.24, 2.45) is 0 Å². The van der Waals surface area contributed by atoms with E-state index in [9.17, 15) is 0 Å². The van der Waals surface area contributed by atoms with E-state index in [1.807, 2.05) is 0 Å². The molecule has 0 radical (unpaired) electrons. The molecular weight excluding hydrogens is 382 g/mol. The molecule has 19 heavy (non-hydrogen) atoms. The maximum atomic E-state index is 2.48. The first-order valence-corrected chi connectivity index (χ1v) is 16.0. The van der Waals surface area contributed by atoms with E-state index in [4.69, 9.17) is 0 Å². The van der Waals surface area contributed by atoms with Gasteiger partial charge in [-0.15, -0.1) is 0 Å². The first-order valence-electron chi connectivity index (χ1n) is 7.26. The Kier molecular flexibility index (Phi) is 6.97. The van der Waals surface area contributed by atoms with Crippen molar-refractivity contribution in [3.8, 4) is 0 Å². The average Bonchev–Trinajstić information content (AvgIpc) is 1.91. The molecule has 0 aliphatic carbocycles. The molecule has 0 nitrogen and oxygen atoms in total. The molecule has 0 aliphatic rings. The fourth-order valence-electron chi connectivity index (χ4n) is 2.58. The van der Waals surface area contributed by atoms with E-state index in [1.165, 1.54) is 0 Å². The second-order valence-electron chi connectivity index (χ2n) is 9.35. The van der Waals surface area contributed by atoms with Crippen LogP contribution in [0.1, 0.15) is 83.1 Å². The summed E-state index contributed by atoms with van der Waals surface area (Å²) in [6.45, 7) is 29.8. The molecule has 116 valence electrons. The fraction of sp³-hybridized carbons (Fsp3) is 1.00. The van der Waals surface area contributed by atoms with Gasteiger partial charge in [0.05, 0.1) is 0 Å². The van der Waals surface area contributed by atoms with Gasteiger partial charge in [0.25, 0.3) is 0 Å². The van der Waals surface area contributed by atoms with Crippen LogP contribution >= 0.6 is 11.2 Å². The van der Waals surface area contributed by atoms with E-state index >= 15 is 0 Å². The van der Waals surface area contributed by atoms with E-state index in [2.05, 4.69) is 83.1 Å². The average molecular weight is 418 g/mol. The molecule has 0 unspecified atom stereocenters. The molecule has 0 saturated heterocycles. The Balaban J connectivity index is 5.43. The van der Waals surface area contributed by atoms with Gasteiger partial charge in [0, 0.05) is 0 Å². The van der Waals surface area contributed by atoms with Crippen LogP contribution in [0.5, 0.6) is 0 Å². The molecule has 0 N–H and O–H groups in total. The molecule has 0 aliphatic heterocycles. The molecule has 0 spiro atoms. The van der Waals surface area contributed by atoms with Crippen molar-refractivity contribution in [2.75, 3.05) is 0 Å². The maximum absolute atomic E-state index is 2.48. The molecule has 3 heteroatoms. The van der Waals surface area contributed by atoms with Crippen molar-refractivity contribution in [3.63, 3.8) is 0 Å². The van der Waals surface area contributed by atoms with Gasteiger partial charge in [-0.2, -0.15) is 0 Å². The topological polar surface area (TPSA) is 0 Å². The van der Waals surface area contributed by atoms with Crippen LogP contribution in [0.3, 0.4) is 0 Å². The Morgan fingerprint density at radius 2 is 0.579 bits per heavy atom. The summed E-state index contributed by atoms with van der Waals surface area (Å²) < 4.78 is 0. The van der Waals surface area contributed by atoms with Crippen LogP contribution in [0, 0.1) is 0 Å². The van der Waals surface area contributed by atoms with E-state index in [0.29, 0.717) is 20.6 Å². The van der Waals surface area contributed by atoms with Crippen molar-refractivity contribution in [1.82, 2.24) is 0 Å². The molecule has 0 heterocycles. The monoisotopic (exact) mass is 420 g/mol. The van der Waals surface area contributed by atoms with Crippen molar-refractivity contribution in [2.45, 2.75) is 104 Å². The first kappa shape index (κ1) is 20.6. The Morgan fingerprint density at radius 1 is 0.421 bits per heavy atom. The Labute approximate surface area is 134 Å². The number of rotatable bonds is 2. The summed E-state index contributed by atoms with van der Waals surface area (Å²) in [6.07, 6.45) is 0. The first-order chi connectivity index (χ1) is 7.97. The third kappa shape index (κ3) is 6.96. The van der Waals surface area contributed by atoms with Gasteiger partial charge in [0.2, 0.25) is 0 Å². The summed E-state index contributed by atoms with van der Waals surface area (Å²) in [6, 6.07) is 0. The SMILES string of the molecule is CC(C)(C)P([Te]P(C(C)(C)C)C(C)(C)C)C(C)(C)C. The molecule has 0 atom stereocenters. The van der Waals surface area contributed by atoms with Crippen LogP contribution in [0.4, 0.5) is 0 Å². The third-order valence-corrected chi connectivity index (χ3v) is 35.9. The van der Waals surface area contributed by atoms with E-state index in [-0.39, 0.29) is 31.1 Å². The predicted molar refractivity (Wildman–Crippen MR) is 98.6 cm³/mol. The summed E-state index contributed by atoms with van der Waals surface area (Å²) in [5.74, 6) is 0.